The Hall–Kier alpha value is -2.13. The zero-order chi connectivity index (χ0) is 20.9. The van der Waals surface area contributed by atoms with Crippen LogP contribution in [0, 0.1) is 5.92 Å². The lowest BCUT2D eigenvalue weighted by Gasteiger charge is -2.29. The monoisotopic (exact) mass is 430 g/mol. The number of amides is 3. The van der Waals surface area contributed by atoms with E-state index in [1.54, 1.807) is 0 Å². The Kier molecular flexibility index (Phi) is 7.42. The first-order chi connectivity index (χ1) is 13.1. The predicted molar refractivity (Wildman–Crippen MR) is 103 cm³/mol. The van der Waals surface area contributed by atoms with Crippen LogP contribution in [0.4, 0.5) is 4.79 Å². The van der Waals surface area contributed by atoms with Gasteiger partial charge in [0.05, 0.1) is 15.5 Å². The van der Waals surface area contributed by atoms with Crippen molar-refractivity contribution in [3.05, 3.63) is 28.8 Å². The molecular formula is C18H23ClN2O6S. The number of carbonyl (C=O) groups excluding carboxylic acids is 3. The summed E-state index contributed by atoms with van der Waals surface area (Å²) < 4.78 is 28.2. The topological polar surface area (TPSA) is 119 Å². The van der Waals surface area contributed by atoms with Crippen LogP contribution in [-0.4, -0.2) is 45.2 Å². The third-order valence-electron chi connectivity index (χ3n) is 4.58. The molecule has 2 atom stereocenters. The third-order valence-corrected chi connectivity index (χ3v) is 6.16. The Morgan fingerprint density at radius 3 is 2.54 bits per heavy atom. The Morgan fingerprint density at radius 2 is 1.89 bits per heavy atom. The zero-order valence-electron chi connectivity index (χ0n) is 15.7. The molecule has 0 aromatic heterocycles. The zero-order valence-corrected chi connectivity index (χ0v) is 17.2. The van der Waals surface area contributed by atoms with Crippen LogP contribution >= 0.6 is 11.6 Å². The van der Waals surface area contributed by atoms with Crippen molar-refractivity contribution >= 4 is 39.3 Å². The van der Waals surface area contributed by atoms with Crippen molar-refractivity contribution in [1.82, 2.24) is 10.6 Å². The van der Waals surface area contributed by atoms with Gasteiger partial charge >= 0.3 is 12.0 Å². The molecule has 1 aromatic carbocycles. The molecule has 2 unspecified atom stereocenters. The van der Waals surface area contributed by atoms with Gasteiger partial charge in [-0.25, -0.2) is 18.0 Å². The van der Waals surface area contributed by atoms with Gasteiger partial charge in [-0.1, -0.05) is 31.4 Å². The summed E-state index contributed by atoms with van der Waals surface area (Å²) in [6, 6.07) is 3.00. The summed E-state index contributed by atoms with van der Waals surface area (Å²) in [5.41, 5.74) is -0.0712. The van der Waals surface area contributed by atoms with E-state index in [2.05, 4.69) is 10.6 Å². The minimum atomic E-state index is -3.63. The summed E-state index contributed by atoms with van der Waals surface area (Å²) in [4.78, 5) is 35.6. The Balaban J connectivity index is 1.87. The number of ether oxygens (including phenoxy) is 1. The first-order valence-electron chi connectivity index (χ1n) is 8.85. The van der Waals surface area contributed by atoms with E-state index < -0.39 is 34.4 Å². The molecule has 0 aliphatic heterocycles. The van der Waals surface area contributed by atoms with Crippen molar-refractivity contribution < 1.29 is 27.5 Å². The molecule has 2 rings (SSSR count). The van der Waals surface area contributed by atoms with E-state index in [-0.39, 0.29) is 21.5 Å². The number of hydrogen-bond donors (Lipinski definition) is 2. The van der Waals surface area contributed by atoms with Crippen LogP contribution in [0.5, 0.6) is 0 Å². The van der Waals surface area contributed by atoms with Crippen molar-refractivity contribution in [2.75, 3.05) is 12.9 Å². The van der Waals surface area contributed by atoms with Gasteiger partial charge < -0.3 is 10.1 Å². The molecule has 28 heavy (non-hydrogen) atoms. The van der Waals surface area contributed by atoms with Crippen LogP contribution in [0.15, 0.2) is 23.1 Å². The number of halogens is 1. The Bertz CT molecular complexity index is 871. The first kappa shape index (κ1) is 22.2. The van der Waals surface area contributed by atoms with Crippen molar-refractivity contribution in [2.45, 2.75) is 43.5 Å². The fourth-order valence-corrected chi connectivity index (χ4v) is 4.33. The summed E-state index contributed by atoms with van der Waals surface area (Å²) in [6.07, 6.45) is 4.99. The quantitative estimate of drug-likeness (QED) is 0.692. The number of esters is 1. The van der Waals surface area contributed by atoms with Crippen LogP contribution in [0.3, 0.4) is 0 Å². The number of hydrogen-bond acceptors (Lipinski definition) is 6. The van der Waals surface area contributed by atoms with Crippen molar-refractivity contribution in [3.63, 3.8) is 0 Å². The maximum Gasteiger partial charge on any atom is 0.338 e. The highest BCUT2D eigenvalue weighted by atomic mass is 35.5. The van der Waals surface area contributed by atoms with Gasteiger partial charge in [-0.3, -0.25) is 10.1 Å². The second-order valence-corrected chi connectivity index (χ2v) is 9.27. The minimum Gasteiger partial charge on any atom is -0.452 e. The average molecular weight is 431 g/mol. The van der Waals surface area contributed by atoms with E-state index in [4.69, 9.17) is 16.3 Å². The number of nitrogens with one attached hydrogen (secondary N) is 2. The molecule has 0 bridgehead atoms. The van der Waals surface area contributed by atoms with E-state index in [0.29, 0.717) is 5.92 Å². The van der Waals surface area contributed by atoms with Gasteiger partial charge in [0, 0.05) is 12.3 Å². The van der Waals surface area contributed by atoms with Gasteiger partial charge in [0.1, 0.15) is 0 Å². The Labute approximate surface area is 168 Å². The van der Waals surface area contributed by atoms with Crippen LogP contribution in [0.25, 0.3) is 0 Å². The maximum atomic E-state index is 12.0. The van der Waals surface area contributed by atoms with Crippen molar-refractivity contribution in [3.8, 4) is 0 Å². The summed E-state index contributed by atoms with van der Waals surface area (Å²) in [5.74, 6) is -1.36. The van der Waals surface area contributed by atoms with E-state index in [1.165, 1.54) is 12.1 Å². The van der Waals surface area contributed by atoms with Gasteiger partial charge in [-0.2, -0.15) is 0 Å². The molecule has 154 valence electrons. The summed E-state index contributed by atoms with van der Waals surface area (Å²) in [7, 11) is -3.63. The van der Waals surface area contributed by atoms with Crippen LogP contribution in [0.2, 0.25) is 5.02 Å². The maximum absolute atomic E-state index is 12.0. The fraction of sp³-hybridized carbons (Fsp3) is 0.500. The number of rotatable bonds is 5. The minimum absolute atomic E-state index is 0.00702. The lowest BCUT2D eigenvalue weighted by molar-refractivity contribution is -0.123. The highest BCUT2D eigenvalue weighted by Gasteiger charge is 2.23. The van der Waals surface area contributed by atoms with Crippen LogP contribution in [0.1, 0.15) is 43.0 Å². The Morgan fingerprint density at radius 1 is 1.21 bits per heavy atom. The average Bonchev–Trinajstić information content (AvgIpc) is 2.61. The molecule has 1 fully saturated rings. The summed E-state index contributed by atoms with van der Waals surface area (Å²) in [5, 5.41) is 4.85. The predicted octanol–water partition coefficient (Wildman–Crippen LogP) is 2.30. The third kappa shape index (κ3) is 6.20. The van der Waals surface area contributed by atoms with Gasteiger partial charge in [-0.05, 0) is 37.0 Å². The van der Waals surface area contributed by atoms with Gasteiger partial charge in [-0.15, -0.1) is 0 Å². The number of carbonyl (C=O) groups is 3. The SMILES string of the molecule is CC1CCCCC1NC(=O)NC(=O)COC(=O)c1ccc(Cl)c(S(C)(=O)=O)c1. The van der Waals surface area contributed by atoms with E-state index in [9.17, 15) is 22.8 Å². The molecule has 1 aliphatic rings. The lowest BCUT2D eigenvalue weighted by atomic mass is 9.86. The highest BCUT2D eigenvalue weighted by Crippen LogP contribution is 2.24. The molecule has 0 saturated heterocycles. The van der Waals surface area contributed by atoms with Gasteiger partial charge in [0.2, 0.25) is 0 Å². The molecule has 1 saturated carbocycles. The second kappa shape index (κ2) is 9.38. The number of sulfone groups is 1. The molecule has 3 amide bonds. The molecule has 1 aromatic rings. The fourth-order valence-electron chi connectivity index (χ4n) is 3.03. The standard InChI is InChI=1S/C18H23ClN2O6S/c1-11-5-3-4-6-14(11)20-18(24)21-16(22)10-27-17(23)12-7-8-13(19)15(9-12)28(2,25)26/h7-9,11,14H,3-6,10H2,1-2H3,(H2,20,21,22,24). The van der Waals surface area contributed by atoms with E-state index in [0.717, 1.165) is 38.0 Å². The molecule has 0 radical (unpaired) electrons. The molecule has 1 aliphatic carbocycles. The van der Waals surface area contributed by atoms with Crippen molar-refractivity contribution in [1.29, 1.82) is 0 Å². The number of benzene rings is 1. The van der Waals surface area contributed by atoms with E-state index >= 15 is 0 Å². The lowest BCUT2D eigenvalue weighted by Crippen LogP contribution is -2.48. The molecule has 0 spiro atoms. The number of urea groups is 1. The first-order valence-corrected chi connectivity index (χ1v) is 11.1. The summed E-state index contributed by atoms with van der Waals surface area (Å²) in [6.45, 7) is 1.37. The smallest absolute Gasteiger partial charge is 0.338 e. The van der Waals surface area contributed by atoms with Gasteiger partial charge in [0.25, 0.3) is 5.91 Å². The molecule has 8 nitrogen and oxygen atoms in total. The van der Waals surface area contributed by atoms with Gasteiger partial charge in [0.15, 0.2) is 16.4 Å². The highest BCUT2D eigenvalue weighted by molar-refractivity contribution is 7.90. The second-order valence-electron chi connectivity index (χ2n) is 6.88. The largest absolute Gasteiger partial charge is 0.452 e. The van der Waals surface area contributed by atoms with Crippen molar-refractivity contribution in [2.24, 2.45) is 5.92 Å². The summed E-state index contributed by atoms with van der Waals surface area (Å²) >= 11 is 5.82. The molecule has 2 N–H and O–H groups in total. The normalized spacial score (nSPS) is 19.5. The van der Waals surface area contributed by atoms with Crippen LogP contribution in [-0.2, 0) is 19.4 Å². The molecule has 10 heteroatoms. The number of imide groups is 1. The van der Waals surface area contributed by atoms with Crippen LogP contribution < -0.4 is 10.6 Å². The van der Waals surface area contributed by atoms with E-state index in [1.807, 2.05) is 6.92 Å². The molecule has 0 heterocycles. The molecular weight excluding hydrogens is 408 g/mol.